The molecule has 0 aromatic carbocycles. The molecule has 2 aromatic heterocycles. The van der Waals surface area contributed by atoms with Gasteiger partial charge in [0.25, 0.3) is 0 Å². The van der Waals surface area contributed by atoms with Gasteiger partial charge in [0.1, 0.15) is 0 Å². The van der Waals surface area contributed by atoms with E-state index in [1.807, 2.05) is 24.1 Å². The Morgan fingerprint density at radius 1 is 1.21 bits per heavy atom. The maximum atomic E-state index is 11.6. The summed E-state index contributed by atoms with van der Waals surface area (Å²) in [4.78, 5) is 21.1. The van der Waals surface area contributed by atoms with Crippen LogP contribution in [0.2, 0.25) is 0 Å². The van der Waals surface area contributed by atoms with E-state index in [9.17, 15) is 4.79 Å². The average molecular weight is 395 g/mol. The lowest BCUT2D eigenvalue weighted by molar-refractivity contribution is -0.120. The minimum Gasteiger partial charge on any atom is -0.351 e. The third-order valence-electron chi connectivity index (χ3n) is 6.98. The van der Waals surface area contributed by atoms with Crippen molar-refractivity contribution in [3.63, 3.8) is 0 Å². The normalized spacial score (nSPS) is 26.7. The molecule has 3 heterocycles. The summed E-state index contributed by atoms with van der Waals surface area (Å²) in [5.41, 5.74) is 4.52. The fourth-order valence-corrected chi connectivity index (χ4v) is 4.93. The summed E-state index contributed by atoms with van der Waals surface area (Å²) < 4.78 is 2.00. The molecule has 29 heavy (non-hydrogen) atoms. The molecule has 3 aliphatic rings. The first kappa shape index (κ1) is 18.6. The topological polar surface area (TPSA) is 84.7 Å². The van der Waals surface area contributed by atoms with Crippen LogP contribution in [-0.4, -0.2) is 37.2 Å². The van der Waals surface area contributed by atoms with Crippen LogP contribution >= 0.6 is 0 Å². The number of carbonyl (C=O) groups is 1. The maximum Gasteiger partial charge on any atom is 0.223 e. The van der Waals surface area contributed by atoms with Gasteiger partial charge < -0.3 is 10.6 Å². The van der Waals surface area contributed by atoms with E-state index in [0.29, 0.717) is 18.4 Å². The van der Waals surface area contributed by atoms with Gasteiger partial charge in [-0.25, -0.2) is 9.97 Å². The highest BCUT2D eigenvalue weighted by Crippen LogP contribution is 2.37. The third-order valence-corrected chi connectivity index (χ3v) is 6.98. The molecule has 154 valence electrons. The van der Waals surface area contributed by atoms with Gasteiger partial charge in [-0.05, 0) is 69.8 Å². The number of hydrogen-bond donors (Lipinski definition) is 2. The van der Waals surface area contributed by atoms with Crippen LogP contribution in [0.25, 0.3) is 11.3 Å². The summed E-state index contributed by atoms with van der Waals surface area (Å²) in [5, 5.41) is 11.3. The second-order valence-corrected chi connectivity index (χ2v) is 9.25. The van der Waals surface area contributed by atoms with Crippen molar-refractivity contribution >= 4 is 11.9 Å². The number of rotatable bonds is 5. The van der Waals surface area contributed by atoms with E-state index in [1.165, 1.54) is 18.5 Å². The van der Waals surface area contributed by atoms with Crippen LogP contribution in [-0.2, 0) is 18.3 Å². The van der Waals surface area contributed by atoms with E-state index in [2.05, 4.69) is 27.6 Å². The van der Waals surface area contributed by atoms with E-state index < -0.39 is 0 Å². The molecule has 3 fully saturated rings. The molecule has 0 atom stereocenters. The molecule has 2 aromatic rings. The van der Waals surface area contributed by atoms with Crippen LogP contribution in [0.3, 0.4) is 0 Å². The lowest BCUT2D eigenvalue weighted by Crippen LogP contribution is -2.46. The minimum absolute atomic E-state index is 0.0436. The van der Waals surface area contributed by atoms with Crippen molar-refractivity contribution < 1.29 is 4.79 Å². The molecule has 0 radical (unpaired) electrons. The van der Waals surface area contributed by atoms with E-state index >= 15 is 0 Å². The zero-order valence-electron chi connectivity index (χ0n) is 17.4. The van der Waals surface area contributed by atoms with Gasteiger partial charge in [-0.2, -0.15) is 5.10 Å². The van der Waals surface area contributed by atoms with Gasteiger partial charge in [0.2, 0.25) is 11.9 Å². The van der Waals surface area contributed by atoms with E-state index in [4.69, 9.17) is 4.98 Å². The maximum absolute atomic E-state index is 11.6. The van der Waals surface area contributed by atoms with Crippen molar-refractivity contribution in [2.24, 2.45) is 13.0 Å². The average Bonchev–Trinajstić information content (AvgIpc) is 3.36. The second-order valence-electron chi connectivity index (χ2n) is 9.25. The Labute approximate surface area is 171 Å². The highest BCUT2D eigenvalue weighted by molar-refractivity contribution is 5.79. The SMILES string of the molecule is Cc1cnc(NC2CCC3(CCC(=O)N3)CC2)nc1-c1cnn(C)c1CC1CC1. The lowest BCUT2D eigenvalue weighted by atomic mass is 9.78. The van der Waals surface area contributed by atoms with Crippen LogP contribution < -0.4 is 10.6 Å². The zero-order valence-corrected chi connectivity index (χ0v) is 17.4. The monoisotopic (exact) mass is 394 g/mol. The third kappa shape index (κ3) is 3.74. The first-order valence-electron chi connectivity index (χ1n) is 10.9. The van der Waals surface area contributed by atoms with E-state index in [0.717, 1.165) is 61.3 Å². The second kappa shape index (κ2) is 7.11. The van der Waals surface area contributed by atoms with Gasteiger partial charge in [-0.3, -0.25) is 9.48 Å². The number of nitrogens with zero attached hydrogens (tertiary/aromatic N) is 4. The van der Waals surface area contributed by atoms with Gasteiger partial charge in [0.15, 0.2) is 0 Å². The Balaban J connectivity index is 1.31. The molecule has 1 saturated heterocycles. The molecule has 2 saturated carbocycles. The Morgan fingerprint density at radius 2 is 2.00 bits per heavy atom. The Bertz CT molecular complexity index is 923. The standard InChI is InChI=1S/C22H30N6O/c1-14-12-23-21(25-16-5-8-22(9-6-16)10-7-19(29)27-22)26-20(14)17-13-24-28(2)18(17)11-15-3-4-15/h12-13,15-16H,3-11H2,1-2H3,(H,27,29)(H,23,25,26). The predicted molar refractivity (Wildman–Crippen MR) is 111 cm³/mol. The summed E-state index contributed by atoms with van der Waals surface area (Å²) in [7, 11) is 2.02. The Kier molecular flexibility index (Phi) is 4.56. The summed E-state index contributed by atoms with van der Waals surface area (Å²) in [6.07, 6.45) is 13.4. The molecule has 1 aliphatic heterocycles. The molecular weight excluding hydrogens is 364 g/mol. The number of aryl methyl sites for hydroxylation is 2. The van der Waals surface area contributed by atoms with Gasteiger partial charge >= 0.3 is 0 Å². The smallest absolute Gasteiger partial charge is 0.223 e. The van der Waals surface area contributed by atoms with Crippen LogP contribution in [0.4, 0.5) is 5.95 Å². The summed E-state index contributed by atoms with van der Waals surface area (Å²) >= 11 is 0. The molecular formula is C22H30N6O. The van der Waals surface area contributed by atoms with Gasteiger partial charge in [-0.1, -0.05) is 0 Å². The first-order valence-corrected chi connectivity index (χ1v) is 10.9. The van der Waals surface area contributed by atoms with Crippen LogP contribution in [0.1, 0.15) is 62.6 Å². The van der Waals surface area contributed by atoms with E-state index in [-0.39, 0.29) is 11.4 Å². The fourth-order valence-electron chi connectivity index (χ4n) is 4.93. The number of hydrogen-bond acceptors (Lipinski definition) is 5. The molecule has 1 spiro atoms. The summed E-state index contributed by atoms with van der Waals surface area (Å²) in [6, 6.07) is 0.355. The van der Waals surface area contributed by atoms with Crippen LogP contribution in [0.15, 0.2) is 12.4 Å². The van der Waals surface area contributed by atoms with Crippen molar-refractivity contribution in [1.82, 2.24) is 25.1 Å². The van der Waals surface area contributed by atoms with E-state index in [1.54, 1.807) is 0 Å². The molecule has 2 N–H and O–H groups in total. The molecule has 1 amide bonds. The number of carbonyl (C=O) groups excluding carboxylic acids is 1. The molecule has 0 unspecified atom stereocenters. The largest absolute Gasteiger partial charge is 0.351 e. The van der Waals surface area contributed by atoms with Gasteiger partial charge in [0.05, 0.1) is 11.9 Å². The predicted octanol–water partition coefficient (Wildman–Crippen LogP) is 3.14. The van der Waals surface area contributed by atoms with Gasteiger partial charge in [0, 0.05) is 42.5 Å². The molecule has 0 bridgehead atoms. The highest BCUT2D eigenvalue weighted by Gasteiger charge is 2.40. The number of nitrogens with one attached hydrogen (secondary N) is 2. The summed E-state index contributed by atoms with van der Waals surface area (Å²) in [6.45, 7) is 2.07. The summed E-state index contributed by atoms with van der Waals surface area (Å²) in [5.74, 6) is 1.71. The number of anilines is 1. The highest BCUT2D eigenvalue weighted by atomic mass is 16.2. The molecule has 5 rings (SSSR count). The molecule has 2 aliphatic carbocycles. The first-order chi connectivity index (χ1) is 14.0. The quantitative estimate of drug-likeness (QED) is 0.814. The number of aromatic nitrogens is 4. The van der Waals surface area contributed by atoms with Gasteiger partial charge in [-0.15, -0.1) is 0 Å². The van der Waals surface area contributed by atoms with Crippen molar-refractivity contribution in [1.29, 1.82) is 0 Å². The number of amides is 1. The van der Waals surface area contributed by atoms with Crippen LogP contribution in [0.5, 0.6) is 0 Å². The Hall–Kier alpha value is -2.44. The molecule has 7 nitrogen and oxygen atoms in total. The van der Waals surface area contributed by atoms with Crippen molar-refractivity contribution in [3.8, 4) is 11.3 Å². The Morgan fingerprint density at radius 3 is 2.69 bits per heavy atom. The lowest BCUT2D eigenvalue weighted by Gasteiger charge is -2.37. The van der Waals surface area contributed by atoms with Crippen molar-refractivity contribution in [2.75, 3.05) is 5.32 Å². The molecule has 7 heteroatoms. The van der Waals surface area contributed by atoms with Crippen molar-refractivity contribution in [3.05, 3.63) is 23.7 Å². The minimum atomic E-state index is 0.0436. The van der Waals surface area contributed by atoms with Crippen molar-refractivity contribution in [2.45, 2.75) is 76.3 Å². The fraction of sp³-hybridized carbons (Fsp3) is 0.636. The zero-order chi connectivity index (χ0) is 20.0. The van der Waals surface area contributed by atoms with Crippen LogP contribution in [0, 0.1) is 12.8 Å².